The van der Waals surface area contributed by atoms with E-state index in [0.29, 0.717) is 0 Å². The minimum absolute atomic E-state index is 0.0265. The van der Waals surface area contributed by atoms with Gasteiger partial charge in [0.15, 0.2) is 0 Å². The number of hydrogen-bond acceptors (Lipinski definition) is 5. The number of hydrogen-bond donors (Lipinski definition) is 0. The van der Waals surface area contributed by atoms with Gasteiger partial charge in [-0.05, 0) is 17.7 Å². The fourth-order valence-corrected chi connectivity index (χ4v) is 3.05. The Morgan fingerprint density at radius 2 is 2.17 bits per heavy atom. The molecule has 0 amide bonds. The second kappa shape index (κ2) is 6.87. The molecule has 2 unspecified atom stereocenters. The van der Waals surface area contributed by atoms with Crippen LogP contribution in [0.5, 0.6) is 0 Å². The van der Waals surface area contributed by atoms with Crippen molar-refractivity contribution in [3.63, 3.8) is 0 Å². The second-order valence-corrected chi connectivity index (χ2v) is 5.43. The van der Waals surface area contributed by atoms with Crippen LogP contribution in [0.4, 0.5) is 0 Å². The SMILES string of the molecule is CS[C@@H]1OC(COC(C)=O)[C@H](C)[C@H](N=[N+]=[N-])C1C. The van der Waals surface area contributed by atoms with Gasteiger partial charge in [-0.3, -0.25) is 4.79 Å². The van der Waals surface area contributed by atoms with Crippen LogP contribution < -0.4 is 0 Å². The van der Waals surface area contributed by atoms with Crippen molar-refractivity contribution in [1.82, 2.24) is 0 Å². The van der Waals surface area contributed by atoms with E-state index in [0.717, 1.165) is 0 Å². The molecule has 0 aromatic carbocycles. The highest BCUT2D eigenvalue weighted by molar-refractivity contribution is 7.99. The Morgan fingerprint density at radius 1 is 1.50 bits per heavy atom. The third-order valence-corrected chi connectivity index (χ3v) is 4.28. The second-order valence-electron chi connectivity index (χ2n) is 4.49. The topological polar surface area (TPSA) is 84.3 Å². The summed E-state index contributed by atoms with van der Waals surface area (Å²) < 4.78 is 10.9. The van der Waals surface area contributed by atoms with Crippen LogP contribution in [-0.2, 0) is 14.3 Å². The van der Waals surface area contributed by atoms with Gasteiger partial charge in [0, 0.05) is 23.8 Å². The minimum Gasteiger partial charge on any atom is -0.463 e. The van der Waals surface area contributed by atoms with Crippen LogP contribution in [0.15, 0.2) is 5.11 Å². The Bertz CT molecular complexity index is 346. The van der Waals surface area contributed by atoms with Gasteiger partial charge < -0.3 is 9.47 Å². The molecule has 1 aliphatic rings. The van der Waals surface area contributed by atoms with Gasteiger partial charge in [-0.15, -0.1) is 11.8 Å². The van der Waals surface area contributed by atoms with Crippen molar-refractivity contribution in [2.45, 2.75) is 38.4 Å². The van der Waals surface area contributed by atoms with Crippen molar-refractivity contribution >= 4 is 17.7 Å². The van der Waals surface area contributed by atoms with Crippen LogP contribution in [0.2, 0.25) is 0 Å². The zero-order valence-corrected chi connectivity index (χ0v) is 11.9. The Kier molecular flexibility index (Phi) is 5.78. The van der Waals surface area contributed by atoms with E-state index in [2.05, 4.69) is 10.0 Å². The lowest BCUT2D eigenvalue weighted by Crippen LogP contribution is -2.48. The molecule has 0 radical (unpaired) electrons. The smallest absolute Gasteiger partial charge is 0.302 e. The first-order valence-corrected chi connectivity index (χ1v) is 7.15. The van der Waals surface area contributed by atoms with Crippen LogP contribution in [0, 0.1) is 11.8 Å². The molecule has 0 bridgehead atoms. The summed E-state index contributed by atoms with van der Waals surface area (Å²) in [6.07, 6.45) is 1.73. The molecule has 1 saturated heterocycles. The van der Waals surface area contributed by atoms with Crippen molar-refractivity contribution in [1.29, 1.82) is 0 Å². The number of ether oxygens (including phenoxy) is 2. The first-order valence-electron chi connectivity index (χ1n) is 5.87. The molecule has 18 heavy (non-hydrogen) atoms. The summed E-state index contributed by atoms with van der Waals surface area (Å²) in [5, 5.41) is 3.87. The number of thioether (sulfide) groups is 1. The van der Waals surface area contributed by atoms with E-state index in [9.17, 15) is 4.79 Å². The quantitative estimate of drug-likeness (QED) is 0.341. The summed E-state index contributed by atoms with van der Waals surface area (Å²) in [5.41, 5.74) is 8.60. The molecule has 0 saturated carbocycles. The van der Waals surface area contributed by atoms with E-state index in [4.69, 9.17) is 15.0 Å². The lowest BCUT2D eigenvalue weighted by atomic mass is 9.85. The molecule has 102 valence electrons. The molecule has 1 heterocycles. The predicted octanol–water partition coefficient (Wildman–Crippen LogP) is 2.59. The average Bonchev–Trinajstić information content (AvgIpc) is 2.33. The van der Waals surface area contributed by atoms with E-state index < -0.39 is 0 Å². The fraction of sp³-hybridized carbons (Fsp3) is 0.909. The zero-order chi connectivity index (χ0) is 13.7. The number of esters is 1. The Morgan fingerprint density at radius 3 is 2.67 bits per heavy atom. The van der Waals surface area contributed by atoms with Gasteiger partial charge in [-0.25, -0.2) is 0 Å². The third-order valence-electron chi connectivity index (χ3n) is 3.27. The third kappa shape index (κ3) is 3.54. The van der Waals surface area contributed by atoms with E-state index in [1.165, 1.54) is 6.92 Å². The summed E-state index contributed by atoms with van der Waals surface area (Å²) >= 11 is 1.58. The monoisotopic (exact) mass is 273 g/mol. The molecule has 0 aromatic rings. The molecular formula is C11H19N3O3S. The largest absolute Gasteiger partial charge is 0.463 e. The van der Waals surface area contributed by atoms with Gasteiger partial charge in [-0.2, -0.15) is 0 Å². The van der Waals surface area contributed by atoms with Gasteiger partial charge in [0.1, 0.15) is 12.0 Å². The first kappa shape index (κ1) is 15.1. The number of azide groups is 1. The molecule has 0 aliphatic carbocycles. The Balaban J connectivity index is 2.79. The fourth-order valence-electron chi connectivity index (χ4n) is 2.21. The summed E-state index contributed by atoms with van der Waals surface area (Å²) in [5.74, 6) is -0.163. The maximum atomic E-state index is 10.9. The lowest BCUT2D eigenvalue weighted by molar-refractivity contribution is -0.153. The van der Waals surface area contributed by atoms with E-state index in [1.807, 2.05) is 20.1 Å². The molecule has 0 N–H and O–H groups in total. The van der Waals surface area contributed by atoms with E-state index in [-0.39, 0.29) is 42.0 Å². The molecule has 6 nitrogen and oxygen atoms in total. The maximum absolute atomic E-state index is 10.9. The van der Waals surface area contributed by atoms with Gasteiger partial charge in [-0.1, -0.05) is 19.0 Å². The minimum atomic E-state index is -0.328. The van der Waals surface area contributed by atoms with Crippen LogP contribution in [0.1, 0.15) is 20.8 Å². The molecular weight excluding hydrogens is 254 g/mol. The number of carbonyl (C=O) groups excluding carboxylic acids is 1. The van der Waals surface area contributed by atoms with Crippen LogP contribution in [-0.4, -0.2) is 36.4 Å². The molecule has 1 rings (SSSR count). The molecule has 0 spiro atoms. The van der Waals surface area contributed by atoms with Crippen LogP contribution >= 0.6 is 11.8 Å². The molecule has 7 heteroatoms. The highest BCUT2D eigenvalue weighted by Gasteiger charge is 2.41. The van der Waals surface area contributed by atoms with Crippen LogP contribution in [0.3, 0.4) is 0 Å². The van der Waals surface area contributed by atoms with Crippen molar-refractivity contribution in [2.75, 3.05) is 12.9 Å². The molecule has 5 atom stereocenters. The highest BCUT2D eigenvalue weighted by Crippen LogP contribution is 2.36. The Hall–Kier alpha value is -0.910. The maximum Gasteiger partial charge on any atom is 0.302 e. The van der Waals surface area contributed by atoms with Crippen molar-refractivity contribution in [3.05, 3.63) is 10.4 Å². The molecule has 1 fully saturated rings. The first-order chi connectivity index (χ1) is 8.51. The average molecular weight is 273 g/mol. The summed E-state index contributed by atoms with van der Waals surface area (Å²) in [6.45, 7) is 5.55. The zero-order valence-electron chi connectivity index (χ0n) is 11.1. The summed E-state index contributed by atoms with van der Waals surface area (Å²) in [6, 6.07) is -0.137. The standard InChI is InChI=1S/C11H19N3O3S/c1-6-9(5-16-8(3)15)17-11(18-4)7(2)10(6)13-14-12/h6-7,9-11H,5H2,1-4H3/t6-,7?,9?,10-,11-/m0/s1. The molecule has 0 aromatic heterocycles. The van der Waals surface area contributed by atoms with E-state index in [1.54, 1.807) is 11.8 Å². The normalized spacial score (nSPS) is 35.7. The number of rotatable bonds is 4. The van der Waals surface area contributed by atoms with Crippen molar-refractivity contribution < 1.29 is 14.3 Å². The number of carbonyl (C=O) groups is 1. The Labute approximate surface area is 111 Å². The van der Waals surface area contributed by atoms with E-state index >= 15 is 0 Å². The predicted molar refractivity (Wildman–Crippen MR) is 70.1 cm³/mol. The molecule has 1 aliphatic heterocycles. The highest BCUT2D eigenvalue weighted by atomic mass is 32.2. The van der Waals surface area contributed by atoms with Crippen LogP contribution in [0.25, 0.3) is 10.4 Å². The lowest BCUT2D eigenvalue weighted by Gasteiger charge is -2.42. The summed E-state index contributed by atoms with van der Waals surface area (Å²) in [4.78, 5) is 13.8. The number of nitrogens with zero attached hydrogens (tertiary/aromatic N) is 3. The van der Waals surface area contributed by atoms with Gasteiger partial charge >= 0.3 is 5.97 Å². The van der Waals surface area contributed by atoms with Crippen molar-refractivity contribution in [3.8, 4) is 0 Å². The van der Waals surface area contributed by atoms with Crippen molar-refractivity contribution in [2.24, 2.45) is 17.0 Å². The summed E-state index contributed by atoms with van der Waals surface area (Å²) in [7, 11) is 0. The van der Waals surface area contributed by atoms with Gasteiger partial charge in [0.25, 0.3) is 0 Å². The van der Waals surface area contributed by atoms with Gasteiger partial charge in [0.2, 0.25) is 0 Å². The van der Waals surface area contributed by atoms with Gasteiger partial charge in [0.05, 0.1) is 6.10 Å².